The zero-order chi connectivity index (χ0) is 15.1. The molecule has 1 atom stereocenters. The van der Waals surface area contributed by atoms with Crippen LogP contribution in [0.3, 0.4) is 0 Å². The highest BCUT2D eigenvalue weighted by Gasteiger charge is 2.14. The van der Waals surface area contributed by atoms with Gasteiger partial charge in [-0.1, -0.05) is 12.1 Å². The number of ether oxygens (including phenoxy) is 2. The number of aromatic nitrogens is 1. The summed E-state index contributed by atoms with van der Waals surface area (Å²) in [5, 5.41) is 0. The molecule has 2 rings (SSSR count). The van der Waals surface area contributed by atoms with E-state index in [-0.39, 0.29) is 6.04 Å². The van der Waals surface area contributed by atoms with Crippen LogP contribution in [0.25, 0.3) is 0 Å². The molecule has 0 aliphatic rings. The van der Waals surface area contributed by atoms with Gasteiger partial charge < -0.3 is 9.47 Å². The zero-order valence-corrected chi connectivity index (χ0v) is 12.4. The maximum Gasteiger partial charge on any atom is 0.137 e. The summed E-state index contributed by atoms with van der Waals surface area (Å²) < 4.78 is 11.0. The Morgan fingerprint density at radius 3 is 2.48 bits per heavy atom. The van der Waals surface area contributed by atoms with Crippen molar-refractivity contribution in [3.05, 3.63) is 53.9 Å². The van der Waals surface area contributed by atoms with E-state index in [2.05, 4.69) is 10.4 Å². The summed E-state index contributed by atoms with van der Waals surface area (Å²) >= 11 is 0. The van der Waals surface area contributed by atoms with Crippen molar-refractivity contribution in [2.75, 3.05) is 13.2 Å². The second-order valence-electron chi connectivity index (χ2n) is 4.49. The van der Waals surface area contributed by atoms with Gasteiger partial charge in [0.25, 0.3) is 0 Å². The molecule has 0 radical (unpaired) electrons. The third kappa shape index (κ3) is 3.93. The van der Waals surface area contributed by atoms with Crippen LogP contribution in [0, 0.1) is 0 Å². The predicted octanol–water partition coefficient (Wildman–Crippen LogP) is 2.43. The van der Waals surface area contributed by atoms with E-state index in [0.717, 1.165) is 22.6 Å². The Balaban J connectivity index is 2.30. The number of hydrazine groups is 1. The number of nitrogens with one attached hydrogen (secondary N) is 1. The van der Waals surface area contributed by atoms with Crippen molar-refractivity contribution in [3.8, 4) is 11.5 Å². The summed E-state index contributed by atoms with van der Waals surface area (Å²) in [7, 11) is 0. The molecule has 0 spiro atoms. The lowest BCUT2D eigenvalue weighted by atomic mass is 10.0. The highest BCUT2D eigenvalue weighted by molar-refractivity contribution is 5.37. The van der Waals surface area contributed by atoms with E-state index in [1.807, 2.05) is 44.2 Å². The summed E-state index contributed by atoms with van der Waals surface area (Å²) in [5.74, 6) is 7.28. The Labute approximate surface area is 125 Å². The van der Waals surface area contributed by atoms with E-state index in [9.17, 15) is 0 Å². The van der Waals surface area contributed by atoms with E-state index in [0.29, 0.717) is 13.2 Å². The molecule has 2 aromatic rings. The van der Waals surface area contributed by atoms with Crippen molar-refractivity contribution >= 4 is 0 Å². The normalized spacial score (nSPS) is 12.0. The van der Waals surface area contributed by atoms with Gasteiger partial charge in [-0.25, -0.2) is 5.43 Å². The maximum absolute atomic E-state index is 5.73. The fourth-order valence-corrected chi connectivity index (χ4v) is 2.17. The highest BCUT2D eigenvalue weighted by Crippen LogP contribution is 2.26. The first-order valence-electron chi connectivity index (χ1n) is 7.05. The van der Waals surface area contributed by atoms with Crippen LogP contribution in [0.15, 0.2) is 42.7 Å². The molecule has 5 heteroatoms. The molecule has 1 aromatic heterocycles. The molecule has 112 valence electrons. The number of benzene rings is 1. The number of nitrogens with zero attached hydrogens (tertiary/aromatic N) is 1. The number of nitrogens with two attached hydrogens (primary N) is 1. The standard InChI is InChI=1S/C16H21N3O2/c1-3-20-14-7-5-6-12(8-14)16(19-17)13-9-15(21-4-2)11-18-10-13/h5-11,16,19H,3-4,17H2,1-2H3. The van der Waals surface area contributed by atoms with Crippen LogP contribution in [0.4, 0.5) is 0 Å². The van der Waals surface area contributed by atoms with Gasteiger partial charge in [0.1, 0.15) is 11.5 Å². The average Bonchev–Trinajstić information content (AvgIpc) is 2.50. The smallest absolute Gasteiger partial charge is 0.137 e. The van der Waals surface area contributed by atoms with Gasteiger partial charge in [0.15, 0.2) is 0 Å². The van der Waals surface area contributed by atoms with E-state index in [1.54, 1.807) is 12.4 Å². The minimum atomic E-state index is -0.168. The second kappa shape index (κ2) is 7.61. The van der Waals surface area contributed by atoms with E-state index >= 15 is 0 Å². The topological polar surface area (TPSA) is 69.4 Å². The quantitative estimate of drug-likeness (QED) is 0.604. The van der Waals surface area contributed by atoms with Crippen LogP contribution >= 0.6 is 0 Å². The fourth-order valence-electron chi connectivity index (χ4n) is 2.17. The molecule has 1 heterocycles. The molecule has 0 aliphatic carbocycles. The second-order valence-corrected chi connectivity index (χ2v) is 4.49. The van der Waals surface area contributed by atoms with Gasteiger partial charge in [-0.3, -0.25) is 10.8 Å². The average molecular weight is 287 g/mol. The van der Waals surface area contributed by atoms with Crippen LogP contribution in [0.2, 0.25) is 0 Å². The maximum atomic E-state index is 5.73. The molecule has 5 nitrogen and oxygen atoms in total. The highest BCUT2D eigenvalue weighted by atomic mass is 16.5. The van der Waals surface area contributed by atoms with Crippen LogP contribution in [-0.4, -0.2) is 18.2 Å². The van der Waals surface area contributed by atoms with Crippen molar-refractivity contribution in [3.63, 3.8) is 0 Å². The summed E-state index contributed by atoms with van der Waals surface area (Å²) in [6.07, 6.45) is 3.47. The van der Waals surface area contributed by atoms with Crippen LogP contribution < -0.4 is 20.7 Å². The Kier molecular flexibility index (Phi) is 5.54. The van der Waals surface area contributed by atoms with Crippen LogP contribution in [0.5, 0.6) is 11.5 Å². The first kappa shape index (κ1) is 15.3. The lowest BCUT2D eigenvalue weighted by Crippen LogP contribution is -2.29. The van der Waals surface area contributed by atoms with Gasteiger partial charge in [-0.2, -0.15) is 0 Å². The first-order chi connectivity index (χ1) is 10.3. The predicted molar refractivity (Wildman–Crippen MR) is 82.2 cm³/mol. The summed E-state index contributed by atoms with van der Waals surface area (Å²) in [6.45, 7) is 5.13. The first-order valence-corrected chi connectivity index (χ1v) is 7.05. The molecule has 0 amide bonds. The van der Waals surface area contributed by atoms with Gasteiger partial charge >= 0.3 is 0 Å². The Morgan fingerprint density at radius 1 is 1.05 bits per heavy atom. The third-order valence-corrected chi connectivity index (χ3v) is 3.05. The summed E-state index contributed by atoms with van der Waals surface area (Å²) in [5.41, 5.74) is 4.78. The number of hydrogen-bond donors (Lipinski definition) is 2. The van der Waals surface area contributed by atoms with Gasteiger partial charge in [-0.05, 0) is 43.2 Å². The molecule has 1 unspecified atom stereocenters. The Hall–Kier alpha value is -2.11. The number of hydrogen-bond acceptors (Lipinski definition) is 5. The zero-order valence-electron chi connectivity index (χ0n) is 12.4. The fraction of sp³-hybridized carbons (Fsp3) is 0.312. The molecule has 0 saturated heterocycles. The molecule has 0 aliphatic heterocycles. The van der Waals surface area contributed by atoms with Crippen LogP contribution in [-0.2, 0) is 0 Å². The molecule has 0 fully saturated rings. The molecule has 21 heavy (non-hydrogen) atoms. The summed E-state index contributed by atoms with van der Waals surface area (Å²) in [6, 6.07) is 9.62. The van der Waals surface area contributed by atoms with Crippen molar-refractivity contribution in [2.45, 2.75) is 19.9 Å². The largest absolute Gasteiger partial charge is 0.494 e. The van der Waals surface area contributed by atoms with Gasteiger partial charge in [0, 0.05) is 6.20 Å². The SMILES string of the molecule is CCOc1cccc(C(NN)c2cncc(OCC)c2)c1. The molecule has 0 bridgehead atoms. The Bertz CT molecular complexity index is 525. The lowest BCUT2D eigenvalue weighted by Gasteiger charge is -2.18. The van der Waals surface area contributed by atoms with Gasteiger partial charge in [0.2, 0.25) is 0 Å². The van der Waals surface area contributed by atoms with Gasteiger partial charge in [0.05, 0.1) is 25.5 Å². The van der Waals surface area contributed by atoms with E-state index in [1.165, 1.54) is 0 Å². The third-order valence-electron chi connectivity index (χ3n) is 3.05. The van der Waals surface area contributed by atoms with E-state index < -0.39 is 0 Å². The minimum Gasteiger partial charge on any atom is -0.494 e. The van der Waals surface area contributed by atoms with Crippen molar-refractivity contribution < 1.29 is 9.47 Å². The van der Waals surface area contributed by atoms with Crippen molar-refractivity contribution in [1.82, 2.24) is 10.4 Å². The van der Waals surface area contributed by atoms with Crippen molar-refractivity contribution in [1.29, 1.82) is 0 Å². The number of rotatable bonds is 7. The minimum absolute atomic E-state index is 0.168. The molecule has 0 saturated carbocycles. The molecule has 3 N–H and O–H groups in total. The summed E-state index contributed by atoms with van der Waals surface area (Å²) in [4.78, 5) is 4.20. The Morgan fingerprint density at radius 2 is 1.76 bits per heavy atom. The molecular formula is C16H21N3O2. The van der Waals surface area contributed by atoms with E-state index in [4.69, 9.17) is 15.3 Å². The lowest BCUT2D eigenvalue weighted by molar-refractivity contribution is 0.338. The van der Waals surface area contributed by atoms with Crippen molar-refractivity contribution in [2.24, 2.45) is 5.84 Å². The van der Waals surface area contributed by atoms with Crippen LogP contribution in [0.1, 0.15) is 31.0 Å². The molecule has 1 aromatic carbocycles. The number of pyridine rings is 1. The van der Waals surface area contributed by atoms with Gasteiger partial charge in [-0.15, -0.1) is 0 Å². The molecular weight excluding hydrogens is 266 g/mol. The monoisotopic (exact) mass is 287 g/mol.